The van der Waals surface area contributed by atoms with Gasteiger partial charge in [0.05, 0.1) is 18.6 Å². The largest absolute Gasteiger partial charge is 0.392 e. The van der Waals surface area contributed by atoms with Gasteiger partial charge < -0.3 is 14.4 Å². The number of rotatable bonds is 2. The van der Waals surface area contributed by atoms with Crippen molar-refractivity contribution in [2.24, 2.45) is 0 Å². The molecular formula is C14H21N3O3. The highest BCUT2D eigenvalue weighted by Crippen LogP contribution is 2.35. The zero-order valence-corrected chi connectivity index (χ0v) is 11.6. The number of fused-ring (bicyclic) bond motifs is 1. The lowest BCUT2D eigenvalue weighted by molar-refractivity contribution is -0.0548. The van der Waals surface area contributed by atoms with E-state index in [1.54, 1.807) is 0 Å². The molecule has 4 unspecified atom stereocenters. The van der Waals surface area contributed by atoms with Crippen molar-refractivity contribution in [3.05, 3.63) is 11.7 Å². The van der Waals surface area contributed by atoms with Gasteiger partial charge in [-0.15, -0.1) is 0 Å². The molecule has 6 heteroatoms. The van der Waals surface area contributed by atoms with Gasteiger partial charge in [0.1, 0.15) is 6.10 Å². The fourth-order valence-corrected chi connectivity index (χ4v) is 3.73. The fourth-order valence-electron chi connectivity index (χ4n) is 3.73. The Morgan fingerprint density at radius 2 is 2.15 bits per heavy atom. The van der Waals surface area contributed by atoms with Crippen LogP contribution in [0, 0.1) is 0 Å². The Morgan fingerprint density at radius 3 is 3.00 bits per heavy atom. The van der Waals surface area contributed by atoms with E-state index in [-0.39, 0.29) is 18.1 Å². The van der Waals surface area contributed by atoms with Crippen LogP contribution in [0.4, 0.5) is 0 Å². The third-order valence-corrected chi connectivity index (χ3v) is 4.93. The number of nitrogens with zero attached hydrogens (tertiary/aromatic N) is 3. The number of morpholine rings is 1. The van der Waals surface area contributed by atoms with Crippen molar-refractivity contribution in [3.63, 3.8) is 0 Å². The van der Waals surface area contributed by atoms with Gasteiger partial charge in [-0.05, 0) is 38.6 Å². The zero-order chi connectivity index (χ0) is 13.5. The lowest BCUT2D eigenvalue weighted by atomic mass is 10.1. The molecule has 110 valence electrons. The molecule has 4 atom stereocenters. The van der Waals surface area contributed by atoms with Gasteiger partial charge in [-0.25, -0.2) is 0 Å². The van der Waals surface area contributed by atoms with Gasteiger partial charge in [-0.3, -0.25) is 4.90 Å². The minimum Gasteiger partial charge on any atom is -0.392 e. The highest BCUT2D eigenvalue weighted by molar-refractivity contribution is 5.03. The van der Waals surface area contributed by atoms with Crippen molar-refractivity contribution < 1.29 is 14.4 Å². The van der Waals surface area contributed by atoms with Gasteiger partial charge in [0.15, 0.2) is 0 Å². The first-order valence-electron chi connectivity index (χ1n) is 7.68. The number of hydrogen-bond acceptors (Lipinski definition) is 6. The average molecular weight is 279 g/mol. The smallest absolute Gasteiger partial charge is 0.232 e. The lowest BCUT2D eigenvalue weighted by Gasteiger charge is -2.33. The second-order valence-corrected chi connectivity index (χ2v) is 6.21. The Kier molecular flexibility index (Phi) is 3.24. The molecule has 1 N–H and O–H groups in total. The first kappa shape index (κ1) is 12.7. The van der Waals surface area contributed by atoms with E-state index in [9.17, 15) is 5.11 Å². The van der Waals surface area contributed by atoms with Crippen molar-refractivity contribution in [1.82, 2.24) is 15.0 Å². The standard InChI is InChI=1S/C14H21N3O3/c18-11-5-1-4-10(11)14-15-13(16-20-14)12-7-17-6-2-3-9(17)8-19-12/h9-12,18H,1-8H2. The van der Waals surface area contributed by atoms with E-state index in [0.29, 0.717) is 17.8 Å². The van der Waals surface area contributed by atoms with Gasteiger partial charge in [-0.2, -0.15) is 4.98 Å². The Hall–Kier alpha value is -0.980. The summed E-state index contributed by atoms with van der Waals surface area (Å²) in [4.78, 5) is 6.96. The van der Waals surface area contributed by atoms with Gasteiger partial charge >= 0.3 is 0 Å². The first-order valence-corrected chi connectivity index (χ1v) is 7.68. The summed E-state index contributed by atoms with van der Waals surface area (Å²) in [5, 5.41) is 14.0. The number of ether oxygens (including phenoxy) is 1. The minimum absolute atomic E-state index is 0.0133. The second-order valence-electron chi connectivity index (χ2n) is 6.21. The summed E-state index contributed by atoms with van der Waals surface area (Å²) >= 11 is 0. The fraction of sp³-hybridized carbons (Fsp3) is 0.857. The number of aliphatic hydroxyl groups is 1. The summed E-state index contributed by atoms with van der Waals surface area (Å²) in [5.74, 6) is 1.24. The Bertz CT molecular complexity index is 478. The van der Waals surface area contributed by atoms with E-state index in [1.807, 2.05) is 0 Å². The molecule has 0 amide bonds. The van der Waals surface area contributed by atoms with Crippen LogP contribution in [0.5, 0.6) is 0 Å². The van der Waals surface area contributed by atoms with Crippen LogP contribution in [0.1, 0.15) is 55.8 Å². The molecule has 0 aromatic carbocycles. The molecule has 1 aliphatic carbocycles. The van der Waals surface area contributed by atoms with Crippen LogP contribution in [0.2, 0.25) is 0 Å². The lowest BCUT2D eigenvalue weighted by Crippen LogP contribution is -2.42. The molecule has 1 aromatic heterocycles. The van der Waals surface area contributed by atoms with Crippen LogP contribution in [0.3, 0.4) is 0 Å². The average Bonchev–Trinajstić information content (AvgIpc) is 3.17. The summed E-state index contributed by atoms with van der Waals surface area (Å²) in [6.07, 6.45) is 4.86. The molecule has 3 fully saturated rings. The van der Waals surface area contributed by atoms with Crippen LogP contribution >= 0.6 is 0 Å². The molecule has 2 aliphatic heterocycles. The number of aliphatic hydroxyl groups excluding tert-OH is 1. The van der Waals surface area contributed by atoms with Crippen LogP contribution in [-0.2, 0) is 4.74 Å². The van der Waals surface area contributed by atoms with Crippen molar-refractivity contribution in [2.75, 3.05) is 19.7 Å². The first-order chi connectivity index (χ1) is 9.81. The van der Waals surface area contributed by atoms with E-state index in [2.05, 4.69) is 15.0 Å². The molecule has 6 nitrogen and oxygen atoms in total. The molecule has 0 radical (unpaired) electrons. The van der Waals surface area contributed by atoms with Gasteiger partial charge in [0.25, 0.3) is 0 Å². The normalized spacial score (nSPS) is 38.2. The van der Waals surface area contributed by atoms with Crippen LogP contribution in [-0.4, -0.2) is 52.0 Å². The van der Waals surface area contributed by atoms with Crippen molar-refractivity contribution in [2.45, 2.75) is 56.3 Å². The number of hydrogen-bond donors (Lipinski definition) is 1. The predicted molar refractivity (Wildman–Crippen MR) is 70.2 cm³/mol. The van der Waals surface area contributed by atoms with Gasteiger partial charge in [0, 0.05) is 12.6 Å². The Balaban J connectivity index is 1.47. The van der Waals surface area contributed by atoms with Crippen LogP contribution in [0.15, 0.2) is 4.52 Å². The summed E-state index contributed by atoms with van der Waals surface area (Å²) in [7, 11) is 0. The summed E-state index contributed by atoms with van der Waals surface area (Å²) in [6.45, 7) is 2.77. The maximum atomic E-state index is 9.92. The monoisotopic (exact) mass is 279 g/mol. The Morgan fingerprint density at radius 1 is 1.20 bits per heavy atom. The predicted octanol–water partition coefficient (Wildman–Crippen LogP) is 1.23. The third kappa shape index (κ3) is 2.16. The Labute approximate surface area is 118 Å². The zero-order valence-electron chi connectivity index (χ0n) is 11.6. The van der Waals surface area contributed by atoms with Crippen molar-refractivity contribution >= 4 is 0 Å². The van der Waals surface area contributed by atoms with Crippen molar-refractivity contribution in [3.8, 4) is 0 Å². The molecule has 1 aromatic rings. The van der Waals surface area contributed by atoms with Gasteiger partial charge in [-0.1, -0.05) is 5.16 Å². The van der Waals surface area contributed by atoms with Crippen LogP contribution in [0.25, 0.3) is 0 Å². The molecule has 3 heterocycles. The number of aromatic nitrogens is 2. The molecule has 0 bridgehead atoms. The topological polar surface area (TPSA) is 71.6 Å². The molecular weight excluding hydrogens is 258 g/mol. The summed E-state index contributed by atoms with van der Waals surface area (Å²) in [6, 6.07) is 0.578. The van der Waals surface area contributed by atoms with Gasteiger partial charge in [0.2, 0.25) is 11.7 Å². The van der Waals surface area contributed by atoms with E-state index >= 15 is 0 Å². The van der Waals surface area contributed by atoms with E-state index in [4.69, 9.17) is 9.26 Å². The van der Waals surface area contributed by atoms with E-state index in [0.717, 1.165) is 39.0 Å². The molecule has 2 saturated heterocycles. The SMILES string of the molecule is OC1CCCC1c1nc(C2CN3CCCC3CO2)no1. The molecule has 4 rings (SSSR count). The maximum absolute atomic E-state index is 9.92. The summed E-state index contributed by atoms with van der Waals surface area (Å²) in [5.41, 5.74) is 0. The molecule has 3 aliphatic rings. The molecule has 1 saturated carbocycles. The van der Waals surface area contributed by atoms with Crippen molar-refractivity contribution in [1.29, 1.82) is 0 Å². The van der Waals surface area contributed by atoms with E-state index in [1.165, 1.54) is 12.8 Å². The molecule has 0 spiro atoms. The molecule has 20 heavy (non-hydrogen) atoms. The second kappa shape index (κ2) is 5.09. The maximum Gasteiger partial charge on any atom is 0.232 e. The highest BCUT2D eigenvalue weighted by Gasteiger charge is 2.36. The summed E-state index contributed by atoms with van der Waals surface area (Å²) < 4.78 is 11.3. The third-order valence-electron chi connectivity index (χ3n) is 4.93. The quantitative estimate of drug-likeness (QED) is 0.878. The van der Waals surface area contributed by atoms with E-state index < -0.39 is 0 Å². The highest BCUT2D eigenvalue weighted by atomic mass is 16.5. The van der Waals surface area contributed by atoms with Crippen LogP contribution < -0.4 is 0 Å². The minimum atomic E-state index is -0.335.